The molecular formula is C63H72N8O21. The van der Waals surface area contributed by atoms with Crippen molar-refractivity contribution in [2.75, 3.05) is 19.7 Å². The van der Waals surface area contributed by atoms with Crippen LogP contribution in [0, 0.1) is 0 Å². The zero-order valence-corrected chi connectivity index (χ0v) is 49.4. The second kappa shape index (κ2) is 33.8. The fourth-order valence-corrected chi connectivity index (χ4v) is 10.5. The van der Waals surface area contributed by atoms with E-state index in [1.807, 2.05) is 0 Å². The number of aliphatic hydroxyl groups excluding tert-OH is 5. The first-order chi connectivity index (χ1) is 44.7. The Labute approximate surface area is 527 Å². The van der Waals surface area contributed by atoms with Gasteiger partial charge in [0.05, 0.1) is 31.3 Å². The molecule has 3 aliphatic heterocycles. The third kappa shape index (κ3) is 19.2. The second-order valence-electron chi connectivity index (χ2n) is 21.7. The highest BCUT2D eigenvalue weighted by molar-refractivity contribution is 5.70. The average Bonchev–Trinajstić information content (AvgIpc) is 1.32. The fourth-order valence-electron chi connectivity index (χ4n) is 10.5. The Morgan fingerprint density at radius 1 is 0.478 bits per heavy atom. The largest absolute Gasteiger partial charge is 0.467 e. The van der Waals surface area contributed by atoms with Crippen LogP contribution < -0.4 is 26.6 Å². The molecule has 1 saturated carbocycles. The zero-order valence-electron chi connectivity index (χ0n) is 49.4. The van der Waals surface area contributed by atoms with Crippen LogP contribution in [0.15, 0.2) is 169 Å². The molecule has 0 aromatic heterocycles. The van der Waals surface area contributed by atoms with Crippen molar-refractivity contribution in [2.24, 2.45) is 5.11 Å². The summed E-state index contributed by atoms with van der Waals surface area (Å²) in [6.45, 7) is -2.62. The van der Waals surface area contributed by atoms with Gasteiger partial charge in [-0.1, -0.05) is 157 Å². The Bertz CT molecular complexity index is 3240. The standard InChI is InChI=1S/C63H72N8O21/c64-71-66-29-42-26-27-43(67-60(78)83-33-38-18-8-2-9-19-38)56(87-42)90-53-45(69-62(80)85-35-40-22-12-4-13-23-40)28-44(68-61(79)84-34-39-20-10-3-11-21-39)49(73)55(53)92-58-52(76)54(47(31-72)89-58)91-57-48(70-63(81)86-36-41-24-14-5-15-25-41)51(75)50(74)46(88-57)30-65-59(77)82-32-37-16-6-1-7-17-37/h1-26,43-58,72-76H,27-36H2,(H,65,77)(H,67,78)(H,68,79)(H,69,80)(H,70,81)/t43-,44-,45+,46+,47-,48-,49+,50-,51-,52-,53-,54-,55-,56-,57-,58+/m1/s1. The van der Waals surface area contributed by atoms with E-state index in [4.69, 9.17) is 52.1 Å². The number of hydrogen-bond acceptors (Lipinski definition) is 22. The highest BCUT2D eigenvalue weighted by Gasteiger charge is 2.56. The van der Waals surface area contributed by atoms with E-state index in [0.717, 1.165) is 0 Å². The van der Waals surface area contributed by atoms with Crippen LogP contribution in [-0.4, -0.2) is 174 Å². The lowest BCUT2D eigenvalue weighted by Crippen LogP contribution is -2.68. The Hall–Kier alpha value is -9.10. The first-order valence-electron chi connectivity index (χ1n) is 29.5. The normalized spacial score (nSPS) is 27.4. The van der Waals surface area contributed by atoms with Gasteiger partial charge in [0.25, 0.3) is 0 Å². The van der Waals surface area contributed by atoms with Gasteiger partial charge in [0.15, 0.2) is 12.6 Å². The maximum Gasteiger partial charge on any atom is 0.407 e. The summed E-state index contributed by atoms with van der Waals surface area (Å²) in [5.41, 5.74) is 12.4. The van der Waals surface area contributed by atoms with Crippen LogP contribution in [0.5, 0.6) is 0 Å². The Kier molecular flexibility index (Phi) is 24.7. The van der Waals surface area contributed by atoms with Gasteiger partial charge in [0, 0.05) is 11.5 Å². The Morgan fingerprint density at radius 3 is 1.38 bits per heavy atom. The number of benzene rings is 5. The van der Waals surface area contributed by atoms with Gasteiger partial charge in [-0.3, -0.25) is 0 Å². The van der Waals surface area contributed by atoms with Crippen molar-refractivity contribution in [3.05, 3.63) is 202 Å². The highest BCUT2D eigenvalue weighted by Crippen LogP contribution is 2.36. The minimum Gasteiger partial charge on any atom is -0.467 e. The molecule has 5 aromatic rings. The van der Waals surface area contributed by atoms with Crippen LogP contribution in [0.2, 0.25) is 0 Å². The third-order valence-electron chi connectivity index (χ3n) is 15.2. The van der Waals surface area contributed by atoms with Crippen LogP contribution in [0.4, 0.5) is 24.0 Å². The summed E-state index contributed by atoms with van der Waals surface area (Å²) < 4.78 is 65.7. The highest BCUT2D eigenvalue weighted by atomic mass is 16.8. The molecule has 29 heteroatoms. The van der Waals surface area contributed by atoms with Crippen LogP contribution in [0.3, 0.4) is 0 Å². The molecule has 92 heavy (non-hydrogen) atoms. The lowest BCUT2D eigenvalue weighted by molar-refractivity contribution is -0.286. The van der Waals surface area contributed by atoms with E-state index in [9.17, 15) is 55.0 Å². The summed E-state index contributed by atoms with van der Waals surface area (Å²) in [4.78, 5) is 70.5. The van der Waals surface area contributed by atoms with Gasteiger partial charge in [-0.2, -0.15) is 0 Å². The van der Waals surface area contributed by atoms with E-state index in [0.29, 0.717) is 27.8 Å². The third-order valence-corrected chi connectivity index (χ3v) is 15.2. The summed E-state index contributed by atoms with van der Waals surface area (Å²) in [5, 5.41) is 75.8. The van der Waals surface area contributed by atoms with Crippen molar-refractivity contribution in [2.45, 2.75) is 144 Å². The molecule has 0 spiro atoms. The number of nitrogens with one attached hydrogen (secondary N) is 5. The van der Waals surface area contributed by atoms with E-state index in [1.165, 1.54) is 0 Å². The van der Waals surface area contributed by atoms with E-state index in [1.54, 1.807) is 158 Å². The zero-order chi connectivity index (χ0) is 64.8. The maximum absolute atomic E-state index is 14.0. The molecule has 10 N–H and O–H groups in total. The van der Waals surface area contributed by atoms with Crippen molar-refractivity contribution in [3.8, 4) is 0 Å². The number of hydrogen-bond donors (Lipinski definition) is 10. The molecule has 490 valence electrons. The molecule has 29 nitrogen and oxygen atoms in total. The maximum atomic E-state index is 14.0. The lowest BCUT2D eigenvalue weighted by Gasteiger charge is -2.47. The number of ether oxygens (including phenoxy) is 11. The number of carbonyl (C=O) groups is 5. The smallest absolute Gasteiger partial charge is 0.407 e. The van der Waals surface area contributed by atoms with Gasteiger partial charge in [0.2, 0.25) is 6.29 Å². The minimum absolute atomic E-state index is 0.0245. The predicted molar refractivity (Wildman–Crippen MR) is 318 cm³/mol. The molecule has 5 aromatic carbocycles. The molecule has 2 saturated heterocycles. The Balaban J connectivity index is 1.01. The van der Waals surface area contributed by atoms with Crippen LogP contribution in [0.25, 0.3) is 10.4 Å². The van der Waals surface area contributed by atoms with Gasteiger partial charge in [-0.05, 0) is 52.3 Å². The van der Waals surface area contributed by atoms with Gasteiger partial charge in [0.1, 0.15) is 99.8 Å². The summed E-state index contributed by atoms with van der Waals surface area (Å²) in [6, 6.07) is 38.0. The van der Waals surface area contributed by atoms with Crippen molar-refractivity contribution < 1.29 is 102 Å². The fraction of sp³-hybridized carbons (Fsp3) is 0.413. The minimum atomic E-state index is -2.02. The molecule has 4 aliphatic rings. The SMILES string of the molecule is [N-]=[N+]=NCC1=CC[C@@H](NC(=O)OCc2ccccc2)[C@@H](O[C@H]2[C@H](O[C@@H]3O[C@H](CO)[C@@H](O[C@H]4O[C@@H](CNC(=O)OCc5ccccc5)[C@@H](O)[C@H](O)[C@H]4NC(=O)OCc4ccccc4)[C@H]3O)[C@@H](O)[C@H](NC(=O)OCc3ccccc3)C[C@@H]2NC(=O)OCc2ccccc2)O1. The number of carbonyl (C=O) groups excluding carboxylic acids is 5. The van der Waals surface area contributed by atoms with Crippen molar-refractivity contribution in [3.63, 3.8) is 0 Å². The van der Waals surface area contributed by atoms with Crippen LogP contribution in [-0.2, 0) is 85.1 Å². The molecule has 3 heterocycles. The lowest BCUT2D eigenvalue weighted by atomic mass is 9.83. The summed E-state index contributed by atoms with van der Waals surface area (Å²) in [7, 11) is 0. The molecule has 5 amide bonds. The van der Waals surface area contributed by atoms with Gasteiger partial charge in [-0.15, -0.1) is 0 Å². The van der Waals surface area contributed by atoms with Crippen molar-refractivity contribution in [1.82, 2.24) is 26.6 Å². The van der Waals surface area contributed by atoms with Gasteiger partial charge < -0.3 is 104 Å². The number of amides is 5. The topological polar surface area (TPSA) is 397 Å². The number of aliphatic hydroxyl groups is 5. The summed E-state index contributed by atoms with van der Waals surface area (Å²) in [5.74, 6) is 0.0889. The number of rotatable bonds is 25. The predicted octanol–water partition coefficient (Wildman–Crippen LogP) is 4.48. The van der Waals surface area contributed by atoms with Crippen LogP contribution in [0.1, 0.15) is 40.7 Å². The molecule has 3 fully saturated rings. The average molecular weight is 1280 g/mol. The number of alkyl carbamates (subject to hydrolysis) is 5. The Morgan fingerprint density at radius 2 is 0.902 bits per heavy atom. The molecular weight excluding hydrogens is 1200 g/mol. The quantitative estimate of drug-likeness (QED) is 0.0167. The monoisotopic (exact) mass is 1280 g/mol. The van der Waals surface area contributed by atoms with E-state index in [2.05, 4.69) is 36.6 Å². The van der Waals surface area contributed by atoms with Gasteiger partial charge >= 0.3 is 30.5 Å². The first kappa shape index (κ1) is 67.3. The van der Waals surface area contributed by atoms with E-state index < -0.39 is 142 Å². The van der Waals surface area contributed by atoms with Crippen LogP contribution >= 0.6 is 0 Å². The summed E-state index contributed by atoms with van der Waals surface area (Å²) >= 11 is 0. The van der Waals surface area contributed by atoms with E-state index in [-0.39, 0.29) is 58.2 Å². The molecule has 0 radical (unpaired) electrons. The molecule has 9 rings (SSSR count). The van der Waals surface area contributed by atoms with Crippen molar-refractivity contribution >= 4 is 30.5 Å². The molecule has 16 atom stereocenters. The van der Waals surface area contributed by atoms with Gasteiger partial charge in [-0.25, -0.2) is 24.0 Å². The number of azide groups is 1. The molecule has 0 bridgehead atoms. The first-order valence-corrected chi connectivity index (χ1v) is 29.5. The van der Waals surface area contributed by atoms with E-state index >= 15 is 0 Å². The summed E-state index contributed by atoms with van der Waals surface area (Å²) in [6.07, 6.45) is -25.2. The number of nitrogens with zero attached hydrogens (tertiary/aromatic N) is 3. The molecule has 1 aliphatic carbocycles. The van der Waals surface area contributed by atoms with Crippen molar-refractivity contribution in [1.29, 1.82) is 0 Å². The second-order valence-corrected chi connectivity index (χ2v) is 21.7. The molecule has 0 unspecified atom stereocenters.